The quantitative estimate of drug-likeness (QED) is 0.792. The number of hydrogen-bond acceptors (Lipinski definition) is 5. The summed E-state index contributed by atoms with van der Waals surface area (Å²) >= 11 is 0. The molecular formula is C12H12FNO6S. The number of halogens is 1. The fourth-order valence-corrected chi connectivity index (χ4v) is 3.08. The van der Waals surface area contributed by atoms with E-state index in [1.165, 1.54) is 11.0 Å². The maximum Gasteiger partial charge on any atom is 0.339 e. The molecule has 0 aromatic heterocycles. The Morgan fingerprint density at radius 2 is 2.10 bits per heavy atom. The first-order valence-electron chi connectivity index (χ1n) is 5.96. The van der Waals surface area contributed by atoms with E-state index in [9.17, 15) is 27.0 Å². The Bertz CT molecular complexity index is 702. The summed E-state index contributed by atoms with van der Waals surface area (Å²) in [5.74, 6) is -3.64. The second kappa shape index (κ2) is 5.32. The molecule has 9 heteroatoms. The topological polar surface area (TPSA) is 112 Å². The highest BCUT2D eigenvalue weighted by Gasteiger charge is 2.34. The molecule has 1 unspecified atom stereocenters. The second-order valence-corrected chi connectivity index (χ2v) is 6.20. The highest BCUT2D eigenvalue weighted by molar-refractivity contribution is 7.86. The lowest BCUT2D eigenvalue weighted by Gasteiger charge is -2.17. The van der Waals surface area contributed by atoms with E-state index in [4.69, 9.17) is 5.11 Å². The number of carboxylic acids is 1. The van der Waals surface area contributed by atoms with Crippen molar-refractivity contribution in [2.24, 2.45) is 5.92 Å². The number of nitrogens with zero attached hydrogens (tertiary/aromatic N) is 1. The van der Waals surface area contributed by atoms with Crippen LogP contribution < -0.4 is 4.90 Å². The third-order valence-corrected chi connectivity index (χ3v) is 4.03. The van der Waals surface area contributed by atoms with Gasteiger partial charge in [0, 0.05) is 30.6 Å². The highest BCUT2D eigenvalue weighted by atomic mass is 32.3. The average molecular weight is 317 g/mol. The van der Waals surface area contributed by atoms with Gasteiger partial charge >= 0.3 is 16.2 Å². The molecule has 1 aromatic carbocycles. The average Bonchev–Trinajstić information content (AvgIpc) is 2.66. The van der Waals surface area contributed by atoms with E-state index in [1.807, 2.05) is 0 Å². The van der Waals surface area contributed by atoms with Crippen LogP contribution in [0.4, 0.5) is 9.57 Å². The van der Waals surface area contributed by atoms with Crippen LogP contribution >= 0.6 is 0 Å². The maximum absolute atomic E-state index is 12.6. The maximum atomic E-state index is 12.6. The number of amides is 1. The van der Waals surface area contributed by atoms with E-state index < -0.39 is 39.5 Å². The van der Waals surface area contributed by atoms with Gasteiger partial charge in [-0.2, -0.15) is 8.42 Å². The van der Waals surface area contributed by atoms with Crippen LogP contribution in [-0.4, -0.2) is 42.8 Å². The van der Waals surface area contributed by atoms with E-state index in [0.29, 0.717) is 0 Å². The fourth-order valence-electron chi connectivity index (χ4n) is 2.29. The first kappa shape index (κ1) is 15.2. The number of anilines is 1. The van der Waals surface area contributed by atoms with Gasteiger partial charge in [-0.3, -0.25) is 4.79 Å². The van der Waals surface area contributed by atoms with Gasteiger partial charge in [0.2, 0.25) is 5.91 Å². The second-order valence-electron chi connectivity index (χ2n) is 4.79. The summed E-state index contributed by atoms with van der Waals surface area (Å²) in [5, 5.41) is 18.4. The predicted octanol–water partition coefficient (Wildman–Crippen LogP) is 0.743. The standard InChI is InChI=1S/C12H12FNO6S/c13-21(19,20)6-7-3-11(16)14(5-7)8-1-2-9(12(17)18)10(15)4-8/h1-2,4,7,15H,3,5-6H2,(H,17,18). The van der Waals surface area contributed by atoms with Gasteiger partial charge in [0.15, 0.2) is 0 Å². The Morgan fingerprint density at radius 1 is 1.43 bits per heavy atom. The largest absolute Gasteiger partial charge is 0.507 e. The summed E-state index contributed by atoms with van der Waals surface area (Å²) in [4.78, 5) is 23.8. The van der Waals surface area contributed by atoms with E-state index in [-0.39, 0.29) is 24.2 Å². The third-order valence-electron chi connectivity index (χ3n) is 3.16. The fraction of sp³-hybridized carbons (Fsp3) is 0.333. The summed E-state index contributed by atoms with van der Waals surface area (Å²) in [5.41, 5.74) is -0.0745. The summed E-state index contributed by atoms with van der Waals surface area (Å²) in [7, 11) is -4.67. The minimum Gasteiger partial charge on any atom is -0.507 e. The van der Waals surface area contributed by atoms with Gasteiger partial charge in [-0.1, -0.05) is 0 Å². The zero-order valence-electron chi connectivity index (χ0n) is 10.7. The Morgan fingerprint density at radius 3 is 2.62 bits per heavy atom. The number of aromatic hydroxyl groups is 1. The molecule has 1 amide bonds. The van der Waals surface area contributed by atoms with Crippen LogP contribution in [-0.2, 0) is 15.0 Å². The number of hydrogen-bond donors (Lipinski definition) is 2. The van der Waals surface area contributed by atoms with Gasteiger partial charge in [-0.15, -0.1) is 3.89 Å². The Hall–Kier alpha value is -2.16. The van der Waals surface area contributed by atoms with Gasteiger partial charge in [-0.25, -0.2) is 4.79 Å². The number of carboxylic acid groups (broad SMARTS) is 1. The van der Waals surface area contributed by atoms with E-state index >= 15 is 0 Å². The Labute approximate surface area is 119 Å². The highest BCUT2D eigenvalue weighted by Crippen LogP contribution is 2.30. The summed E-state index contributed by atoms with van der Waals surface area (Å²) < 4.78 is 33.9. The summed E-state index contributed by atoms with van der Waals surface area (Å²) in [6.07, 6.45) is -0.120. The molecule has 2 rings (SSSR count). The van der Waals surface area contributed by atoms with Crippen LogP contribution in [0.3, 0.4) is 0 Å². The van der Waals surface area contributed by atoms with Crippen LogP contribution in [0.15, 0.2) is 18.2 Å². The first-order valence-corrected chi connectivity index (χ1v) is 7.51. The smallest absolute Gasteiger partial charge is 0.339 e. The number of aromatic carboxylic acids is 1. The van der Waals surface area contributed by atoms with Crippen molar-refractivity contribution in [3.8, 4) is 5.75 Å². The summed E-state index contributed by atoms with van der Waals surface area (Å²) in [6, 6.07) is 3.57. The van der Waals surface area contributed by atoms with Crippen molar-refractivity contribution in [1.82, 2.24) is 0 Å². The molecule has 1 saturated heterocycles. The number of carbonyl (C=O) groups is 2. The molecule has 2 N–H and O–H groups in total. The Balaban J connectivity index is 2.21. The number of carbonyl (C=O) groups excluding carboxylic acids is 1. The lowest BCUT2D eigenvalue weighted by Crippen LogP contribution is -2.25. The number of rotatable bonds is 4. The SMILES string of the molecule is O=C(O)c1ccc(N2CC(CS(=O)(=O)F)CC2=O)cc1O. The van der Waals surface area contributed by atoms with Gasteiger partial charge in [0.1, 0.15) is 11.3 Å². The minimum atomic E-state index is -4.67. The van der Waals surface area contributed by atoms with Crippen molar-refractivity contribution < 1.29 is 32.1 Å². The molecule has 7 nitrogen and oxygen atoms in total. The molecule has 0 radical (unpaired) electrons. The molecule has 21 heavy (non-hydrogen) atoms. The molecule has 0 aliphatic carbocycles. The molecule has 1 aromatic rings. The molecule has 114 valence electrons. The van der Waals surface area contributed by atoms with E-state index in [0.717, 1.165) is 12.1 Å². The molecule has 0 spiro atoms. The van der Waals surface area contributed by atoms with Crippen molar-refractivity contribution in [3.05, 3.63) is 23.8 Å². The normalized spacial score (nSPS) is 19.0. The van der Waals surface area contributed by atoms with Crippen LogP contribution in [0.1, 0.15) is 16.8 Å². The van der Waals surface area contributed by atoms with E-state index in [2.05, 4.69) is 0 Å². The molecule has 1 aliphatic heterocycles. The lowest BCUT2D eigenvalue weighted by molar-refractivity contribution is -0.117. The number of phenols is 1. The zero-order valence-corrected chi connectivity index (χ0v) is 11.5. The van der Waals surface area contributed by atoms with Crippen LogP contribution in [0.5, 0.6) is 5.75 Å². The summed E-state index contributed by atoms with van der Waals surface area (Å²) in [6.45, 7) is -0.00611. The van der Waals surface area contributed by atoms with Gasteiger partial charge in [0.05, 0.1) is 5.75 Å². The van der Waals surface area contributed by atoms with Crippen molar-refractivity contribution >= 4 is 27.8 Å². The number of benzene rings is 1. The molecule has 0 bridgehead atoms. The molecule has 1 fully saturated rings. The molecule has 1 atom stereocenters. The monoisotopic (exact) mass is 317 g/mol. The first-order chi connectivity index (χ1) is 9.67. The Kier molecular flexibility index (Phi) is 3.86. The van der Waals surface area contributed by atoms with Crippen molar-refractivity contribution in [2.45, 2.75) is 6.42 Å². The molecular weight excluding hydrogens is 305 g/mol. The van der Waals surface area contributed by atoms with Gasteiger partial charge in [-0.05, 0) is 12.1 Å². The van der Waals surface area contributed by atoms with Crippen LogP contribution in [0.25, 0.3) is 0 Å². The lowest BCUT2D eigenvalue weighted by atomic mass is 10.1. The van der Waals surface area contributed by atoms with Crippen molar-refractivity contribution in [2.75, 3.05) is 17.2 Å². The van der Waals surface area contributed by atoms with Gasteiger partial charge in [0.25, 0.3) is 0 Å². The third kappa shape index (κ3) is 3.48. The van der Waals surface area contributed by atoms with Crippen LogP contribution in [0.2, 0.25) is 0 Å². The molecule has 0 saturated carbocycles. The zero-order chi connectivity index (χ0) is 15.8. The van der Waals surface area contributed by atoms with E-state index in [1.54, 1.807) is 0 Å². The predicted molar refractivity (Wildman–Crippen MR) is 70.4 cm³/mol. The molecule has 1 aliphatic rings. The minimum absolute atomic E-state index is 0.00611. The molecule has 1 heterocycles. The van der Waals surface area contributed by atoms with Crippen molar-refractivity contribution in [3.63, 3.8) is 0 Å². The van der Waals surface area contributed by atoms with Gasteiger partial charge < -0.3 is 15.1 Å². The van der Waals surface area contributed by atoms with Crippen molar-refractivity contribution in [1.29, 1.82) is 0 Å². The van der Waals surface area contributed by atoms with Crippen LogP contribution in [0, 0.1) is 5.92 Å².